The molecule has 2 aliphatic heterocycles. The summed E-state index contributed by atoms with van der Waals surface area (Å²) in [6, 6.07) is 9.38. The zero-order chi connectivity index (χ0) is 12.8. The van der Waals surface area contributed by atoms with Gasteiger partial charge in [-0.1, -0.05) is 24.3 Å². The van der Waals surface area contributed by atoms with E-state index in [4.69, 9.17) is 0 Å². The monoisotopic (exact) mass is 256 g/mol. The van der Waals surface area contributed by atoms with Crippen LogP contribution in [0.1, 0.15) is 30.4 Å². The third kappa shape index (κ3) is 1.96. The molecule has 0 aromatic heterocycles. The number of nitrogens with zero attached hydrogens (tertiary/aromatic N) is 2. The molecule has 1 amide bonds. The van der Waals surface area contributed by atoms with Crippen LogP contribution in [0.3, 0.4) is 0 Å². The number of amides is 1. The molecule has 3 nitrogen and oxygen atoms in total. The lowest BCUT2D eigenvalue weighted by Crippen LogP contribution is -2.44. The highest BCUT2D eigenvalue weighted by molar-refractivity contribution is 5.84. The molecular weight excluding hydrogens is 236 g/mol. The van der Waals surface area contributed by atoms with Crippen LogP contribution in [0, 0.1) is 0 Å². The molecule has 3 aliphatic rings. The number of hydrogen-bond donors (Lipinski definition) is 0. The average Bonchev–Trinajstić information content (AvgIpc) is 3.21. The van der Waals surface area contributed by atoms with Gasteiger partial charge < -0.3 is 4.90 Å². The third-order valence-corrected chi connectivity index (χ3v) is 4.80. The fourth-order valence-electron chi connectivity index (χ4n) is 3.56. The SMILES string of the molecule is O=C1C(N2CCc3ccccc3C2)CCN1C1CC1. The van der Waals surface area contributed by atoms with Crippen LogP contribution >= 0.6 is 0 Å². The minimum atomic E-state index is 0.147. The van der Waals surface area contributed by atoms with E-state index in [2.05, 4.69) is 34.1 Å². The Bertz CT molecular complexity index is 509. The van der Waals surface area contributed by atoms with E-state index in [9.17, 15) is 4.79 Å². The predicted molar refractivity (Wildman–Crippen MR) is 73.7 cm³/mol. The Labute approximate surface area is 114 Å². The van der Waals surface area contributed by atoms with Crippen molar-refractivity contribution in [3.8, 4) is 0 Å². The lowest BCUT2D eigenvalue weighted by Gasteiger charge is -2.32. The van der Waals surface area contributed by atoms with Gasteiger partial charge in [0.05, 0.1) is 6.04 Å². The van der Waals surface area contributed by atoms with Gasteiger partial charge in [-0.15, -0.1) is 0 Å². The fourth-order valence-corrected chi connectivity index (χ4v) is 3.56. The molecule has 0 bridgehead atoms. The second-order valence-electron chi connectivity index (χ2n) is 6.06. The molecule has 2 fully saturated rings. The summed E-state index contributed by atoms with van der Waals surface area (Å²) in [6.07, 6.45) is 4.56. The number of benzene rings is 1. The molecule has 1 saturated carbocycles. The van der Waals surface area contributed by atoms with Gasteiger partial charge in [-0.25, -0.2) is 0 Å². The van der Waals surface area contributed by atoms with Gasteiger partial charge in [0.15, 0.2) is 0 Å². The van der Waals surface area contributed by atoms with Crippen molar-refractivity contribution in [3.05, 3.63) is 35.4 Å². The molecule has 100 valence electrons. The Morgan fingerprint density at radius 2 is 1.79 bits per heavy atom. The molecule has 1 aromatic rings. The Morgan fingerprint density at radius 3 is 2.58 bits per heavy atom. The highest BCUT2D eigenvalue weighted by Crippen LogP contribution is 2.33. The summed E-state index contributed by atoms with van der Waals surface area (Å²) < 4.78 is 0. The molecule has 1 unspecified atom stereocenters. The van der Waals surface area contributed by atoms with Crippen molar-refractivity contribution < 1.29 is 4.79 Å². The molecule has 1 aliphatic carbocycles. The predicted octanol–water partition coefficient (Wildman–Crippen LogP) is 1.81. The van der Waals surface area contributed by atoms with Crippen LogP contribution in [0.2, 0.25) is 0 Å². The Kier molecular flexibility index (Phi) is 2.62. The molecule has 1 saturated heterocycles. The number of fused-ring (bicyclic) bond motifs is 1. The molecule has 0 radical (unpaired) electrons. The summed E-state index contributed by atoms with van der Waals surface area (Å²) in [4.78, 5) is 17.0. The van der Waals surface area contributed by atoms with Gasteiger partial charge in [0.1, 0.15) is 0 Å². The van der Waals surface area contributed by atoms with Crippen LogP contribution in [0.5, 0.6) is 0 Å². The first-order valence-corrected chi connectivity index (χ1v) is 7.44. The number of carbonyl (C=O) groups excluding carboxylic acids is 1. The summed E-state index contributed by atoms with van der Waals surface area (Å²) in [5.41, 5.74) is 2.87. The quantitative estimate of drug-likeness (QED) is 0.805. The number of rotatable bonds is 2. The Hall–Kier alpha value is -1.35. The highest BCUT2D eigenvalue weighted by atomic mass is 16.2. The first-order chi connectivity index (χ1) is 9.33. The standard InChI is InChI=1S/C16H20N2O/c19-16-15(8-10-18(16)14-5-6-14)17-9-7-12-3-1-2-4-13(12)11-17/h1-4,14-15H,5-11H2. The van der Waals surface area contributed by atoms with Crippen molar-refractivity contribution in [1.82, 2.24) is 9.80 Å². The van der Waals surface area contributed by atoms with Crippen LogP contribution in [-0.4, -0.2) is 40.9 Å². The van der Waals surface area contributed by atoms with Crippen LogP contribution < -0.4 is 0 Å². The third-order valence-electron chi connectivity index (χ3n) is 4.80. The second-order valence-corrected chi connectivity index (χ2v) is 6.06. The minimum Gasteiger partial charge on any atom is -0.338 e. The van der Waals surface area contributed by atoms with E-state index in [1.54, 1.807) is 0 Å². The van der Waals surface area contributed by atoms with E-state index in [1.807, 2.05) is 0 Å². The maximum absolute atomic E-state index is 12.5. The Balaban J connectivity index is 1.51. The lowest BCUT2D eigenvalue weighted by molar-refractivity contribution is -0.132. The molecule has 4 rings (SSSR count). The molecule has 3 heteroatoms. The van der Waals surface area contributed by atoms with Gasteiger partial charge in [0.2, 0.25) is 5.91 Å². The summed E-state index contributed by atoms with van der Waals surface area (Å²) in [5.74, 6) is 0.391. The summed E-state index contributed by atoms with van der Waals surface area (Å²) >= 11 is 0. The molecule has 1 aromatic carbocycles. The highest BCUT2D eigenvalue weighted by Gasteiger charge is 2.42. The smallest absolute Gasteiger partial charge is 0.240 e. The van der Waals surface area contributed by atoms with Crippen LogP contribution in [0.25, 0.3) is 0 Å². The van der Waals surface area contributed by atoms with Gasteiger partial charge in [0.25, 0.3) is 0 Å². The Morgan fingerprint density at radius 1 is 1.00 bits per heavy atom. The molecule has 0 N–H and O–H groups in total. The minimum absolute atomic E-state index is 0.147. The lowest BCUT2D eigenvalue weighted by atomic mass is 9.98. The summed E-state index contributed by atoms with van der Waals surface area (Å²) in [6.45, 7) is 2.96. The first-order valence-electron chi connectivity index (χ1n) is 7.44. The van der Waals surface area contributed by atoms with Gasteiger partial charge in [0, 0.05) is 25.7 Å². The molecule has 1 atom stereocenters. The van der Waals surface area contributed by atoms with E-state index in [0.717, 1.165) is 32.5 Å². The zero-order valence-corrected chi connectivity index (χ0v) is 11.2. The van der Waals surface area contributed by atoms with Gasteiger partial charge in [-0.2, -0.15) is 0 Å². The summed E-state index contributed by atoms with van der Waals surface area (Å²) in [7, 11) is 0. The maximum atomic E-state index is 12.5. The van der Waals surface area contributed by atoms with E-state index in [0.29, 0.717) is 11.9 Å². The maximum Gasteiger partial charge on any atom is 0.240 e. The van der Waals surface area contributed by atoms with Crippen molar-refractivity contribution in [2.45, 2.75) is 44.3 Å². The topological polar surface area (TPSA) is 23.6 Å². The van der Waals surface area contributed by atoms with Gasteiger partial charge >= 0.3 is 0 Å². The second kappa shape index (κ2) is 4.34. The van der Waals surface area contributed by atoms with E-state index in [-0.39, 0.29) is 6.04 Å². The molecule has 0 spiro atoms. The first kappa shape index (κ1) is 11.5. The van der Waals surface area contributed by atoms with Crippen molar-refractivity contribution in [1.29, 1.82) is 0 Å². The average molecular weight is 256 g/mol. The van der Waals surface area contributed by atoms with E-state index in [1.165, 1.54) is 24.0 Å². The fraction of sp³-hybridized carbons (Fsp3) is 0.562. The van der Waals surface area contributed by atoms with Crippen LogP contribution in [0.4, 0.5) is 0 Å². The van der Waals surface area contributed by atoms with Crippen molar-refractivity contribution in [2.75, 3.05) is 13.1 Å². The van der Waals surface area contributed by atoms with E-state index >= 15 is 0 Å². The summed E-state index contributed by atoms with van der Waals surface area (Å²) in [5, 5.41) is 0. The van der Waals surface area contributed by atoms with E-state index < -0.39 is 0 Å². The molecular formula is C16H20N2O. The van der Waals surface area contributed by atoms with Gasteiger partial charge in [-0.3, -0.25) is 9.69 Å². The largest absolute Gasteiger partial charge is 0.338 e. The number of carbonyl (C=O) groups is 1. The zero-order valence-electron chi connectivity index (χ0n) is 11.2. The molecule has 19 heavy (non-hydrogen) atoms. The van der Waals surface area contributed by atoms with Crippen LogP contribution in [-0.2, 0) is 17.8 Å². The molecule has 2 heterocycles. The van der Waals surface area contributed by atoms with Gasteiger partial charge in [-0.05, 0) is 36.8 Å². The number of hydrogen-bond acceptors (Lipinski definition) is 2. The van der Waals surface area contributed by atoms with Crippen molar-refractivity contribution in [2.24, 2.45) is 0 Å². The van der Waals surface area contributed by atoms with Crippen LogP contribution in [0.15, 0.2) is 24.3 Å². The normalized spacial score (nSPS) is 27.7. The van der Waals surface area contributed by atoms with Crippen molar-refractivity contribution in [3.63, 3.8) is 0 Å². The van der Waals surface area contributed by atoms with Crippen molar-refractivity contribution >= 4 is 5.91 Å². The number of likely N-dealkylation sites (tertiary alicyclic amines) is 1.